The van der Waals surface area contributed by atoms with Gasteiger partial charge in [0.1, 0.15) is 11.6 Å². The lowest BCUT2D eigenvalue weighted by atomic mass is 9.83. The van der Waals surface area contributed by atoms with E-state index in [0.717, 1.165) is 79.4 Å². The molecule has 3 N–H and O–H groups in total. The van der Waals surface area contributed by atoms with Crippen LogP contribution in [-0.4, -0.2) is 103 Å². The average Bonchev–Trinajstić information content (AvgIpc) is 3.80. The van der Waals surface area contributed by atoms with E-state index >= 15 is 0 Å². The van der Waals surface area contributed by atoms with Crippen LogP contribution in [0.15, 0.2) is 55.2 Å². The summed E-state index contributed by atoms with van der Waals surface area (Å²) in [5, 5.41) is 21.3. The number of pyridine rings is 2. The predicted octanol–water partition coefficient (Wildman–Crippen LogP) is 3.73. The average molecular weight is 659 g/mol. The monoisotopic (exact) mass is 658 g/mol. The summed E-state index contributed by atoms with van der Waals surface area (Å²) in [6.07, 6.45) is 12.8. The molecular weight excluding hydrogens is 616 g/mol. The molecule has 2 saturated carbocycles. The molecule has 0 unspecified atom stereocenters. The van der Waals surface area contributed by atoms with E-state index in [-0.39, 0.29) is 11.3 Å². The Morgan fingerprint density at radius 2 is 1.72 bits per heavy atom. The van der Waals surface area contributed by atoms with Gasteiger partial charge in [-0.3, -0.25) is 9.88 Å². The summed E-state index contributed by atoms with van der Waals surface area (Å²) in [6.45, 7) is 7.00. The number of piperazine rings is 1. The van der Waals surface area contributed by atoms with Crippen molar-refractivity contribution in [3.63, 3.8) is 0 Å². The molecule has 0 spiro atoms. The topological polar surface area (TPSA) is 154 Å². The van der Waals surface area contributed by atoms with E-state index in [9.17, 15) is 13.5 Å². The fourth-order valence-corrected chi connectivity index (χ4v) is 7.69. The van der Waals surface area contributed by atoms with Gasteiger partial charge < -0.3 is 20.6 Å². The minimum atomic E-state index is -3.48. The second-order valence-corrected chi connectivity index (χ2v) is 15.5. The molecule has 7 rings (SSSR count). The molecule has 5 heterocycles. The maximum absolute atomic E-state index is 12.6. The molecule has 0 aromatic carbocycles. The summed E-state index contributed by atoms with van der Waals surface area (Å²) in [5.74, 6) is 1.46. The van der Waals surface area contributed by atoms with E-state index in [0.29, 0.717) is 35.9 Å². The van der Waals surface area contributed by atoms with Crippen LogP contribution in [0.25, 0.3) is 22.6 Å². The Morgan fingerprint density at radius 1 is 0.957 bits per heavy atom. The molecule has 248 valence electrons. The minimum Gasteiger partial charge on any atom is -0.390 e. The van der Waals surface area contributed by atoms with Gasteiger partial charge in [-0.15, -0.1) is 0 Å². The van der Waals surface area contributed by atoms with Crippen molar-refractivity contribution >= 4 is 27.3 Å². The first kappa shape index (κ1) is 31.6. The molecule has 1 aliphatic heterocycles. The van der Waals surface area contributed by atoms with Crippen molar-refractivity contribution in [1.82, 2.24) is 38.9 Å². The smallest absolute Gasteiger partial charge is 0.256 e. The Morgan fingerprint density at radius 3 is 2.49 bits per heavy atom. The van der Waals surface area contributed by atoms with Crippen molar-refractivity contribution in [2.24, 2.45) is 0 Å². The van der Waals surface area contributed by atoms with Gasteiger partial charge in [0.05, 0.1) is 34.5 Å². The molecule has 14 heteroatoms. The molecule has 4 aromatic rings. The third-order valence-electron chi connectivity index (χ3n) is 9.37. The first-order valence-electron chi connectivity index (χ1n) is 16.4. The Hall–Kier alpha value is -3.98. The fourth-order valence-electron chi connectivity index (χ4n) is 6.21. The Labute approximate surface area is 275 Å². The van der Waals surface area contributed by atoms with Crippen LogP contribution in [0.3, 0.4) is 0 Å². The zero-order valence-corrected chi connectivity index (χ0v) is 27.7. The van der Waals surface area contributed by atoms with E-state index in [4.69, 9.17) is 9.97 Å². The van der Waals surface area contributed by atoms with Gasteiger partial charge in [-0.25, -0.2) is 23.4 Å². The van der Waals surface area contributed by atoms with Gasteiger partial charge >= 0.3 is 0 Å². The molecule has 47 heavy (non-hydrogen) atoms. The zero-order chi connectivity index (χ0) is 32.6. The number of nitrogens with zero attached hydrogens (tertiary/aromatic N) is 8. The molecule has 0 radical (unpaired) electrons. The number of anilines is 3. The van der Waals surface area contributed by atoms with Crippen molar-refractivity contribution in [3.8, 4) is 22.6 Å². The van der Waals surface area contributed by atoms with Crippen molar-refractivity contribution in [2.45, 2.75) is 68.9 Å². The lowest BCUT2D eigenvalue weighted by Gasteiger charge is -2.34. The van der Waals surface area contributed by atoms with E-state index in [1.807, 2.05) is 25.4 Å². The van der Waals surface area contributed by atoms with Gasteiger partial charge in [0.25, 0.3) is 10.0 Å². The molecule has 2 aliphatic carbocycles. The molecule has 3 fully saturated rings. The number of rotatable bonds is 10. The Bertz CT molecular complexity index is 1820. The predicted molar refractivity (Wildman–Crippen MR) is 181 cm³/mol. The first-order chi connectivity index (χ1) is 22.6. The van der Waals surface area contributed by atoms with Gasteiger partial charge in [0, 0.05) is 74.7 Å². The number of hydrogen-bond donors (Lipinski definition) is 3. The fraction of sp³-hybridized carbons (Fsp3) is 0.485. The molecule has 0 amide bonds. The second-order valence-electron chi connectivity index (χ2n) is 13.4. The number of aliphatic hydroxyl groups is 1. The summed E-state index contributed by atoms with van der Waals surface area (Å²) in [4.78, 5) is 23.3. The summed E-state index contributed by atoms with van der Waals surface area (Å²) in [5.41, 5.74) is 3.75. The van der Waals surface area contributed by atoms with Crippen molar-refractivity contribution in [3.05, 3.63) is 60.8 Å². The van der Waals surface area contributed by atoms with Crippen LogP contribution >= 0.6 is 0 Å². The maximum atomic E-state index is 12.6. The molecule has 1 saturated heterocycles. The Balaban J connectivity index is 1.13. The molecule has 0 atom stereocenters. The van der Waals surface area contributed by atoms with Crippen LogP contribution in [0.1, 0.15) is 51.0 Å². The SMILES string of the molecule is CN1CCN(Cc2ccnc(-c3cnc(Nc4ccnc(-c5cnn(S(=O)(=O)C6CC6)c5)n4)cc3NC3CCC(C)(O)CC3)c2)CC1. The van der Waals surface area contributed by atoms with Crippen molar-refractivity contribution in [1.29, 1.82) is 0 Å². The quantitative estimate of drug-likeness (QED) is 0.227. The van der Waals surface area contributed by atoms with Crippen molar-refractivity contribution in [2.75, 3.05) is 43.9 Å². The lowest BCUT2D eigenvalue weighted by molar-refractivity contribution is 0.0196. The normalized spacial score (nSPS) is 22.7. The third-order valence-corrected chi connectivity index (χ3v) is 11.4. The molecule has 0 bridgehead atoms. The highest BCUT2D eigenvalue weighted by molar-refractivity contribution is 7.90. The highest BCUT2D eigenvalue weighted by Gasteiger charge is 2.37. The minimum absolute atomic E-state index is 0.201. The largest absolute Gasteiger partial charge is 0.390 e. The van der Waals surface area contributed by atoms with Gasteiger partial charge in [-0.05, 0) is 76.3 Å². The molecule has 4 aromatic heterocycles. The van der Waals surface area contributed by atoms with Gasteiger partial charge in [0.2, 0.25) is 0 Å². The summed E-state index contributed by atoms with van der Waals surface area (Å²) < 4.78 is 26.3. The first-order valence-corrected chi connectivity index (χ1v) is 17.9. The van der Waals surface area contributed by atoms with Gasteiger partial charge in [0.15, 0.2) is 5.82 Å². The highest BCUT2D eigenvalue weighted by Crippen LogP contribution is 2.35. The maximum Gasteiger partial charge on any atom is 0.256 e. The molecular formula is C33H42N10O3S. The van der Waals surface area contributed by atoms with Crippen LogP contribution in [-0.2, 0) is 16.6 Å². The van der Waals surface area contributed by atoms with Crippen LogP contribution in [0, 0.1) is 0 Å². The third kappa shape index (κ3) is 7.45. The molecule has 13 nitrogen and oxygen atoms in total. The van der Waals surface area contributed by atoms with Gasteiger partial charge in [-0.1, -0.05) is 0 Å². The number of likely N-dealkylation sites (N-methyl/N-ethyl adjacent to an activating group) is 1. The van der Waals surface area contributed by atoms with E-state index in [1.165, 1.54) is 18.0 Å². The molecule has 3 aliphatic rings. The lowest BCUT2D eigenvalue weighted by Crippen LogP contribution is -2.43. The van der Waals surface area contributed by atoms with Crippen LogP contribution in [0.4, 0.5) is 17.3 Å². The summed E-state index contributed by atoms with van der Waals surface area (Å²) in [7, 11) is -1.32. The number of nitrogens with one attached hydrogen (secondary N) is 2. The van der Waals surface area contributed by atoms with E-state index in [1.54, 1.807) is 12.3 Å². The van der Waals surface area contributed by atoms with Gasteiger partial charge in [-0.2, -0.15) is 9.19 Å². The Kier molecular flexibility index (Phi) is 8.68. The highest BCUT2D eigenvalue weighted by atomic mass is 32.2. The zero-order valence-electron chi connectivity index (χ0n) is 26.9. The second kappa shape index (κ2) is 12.9. The standard InChI is InChI=1S/C33H42N10O3S/c1-33(44)9-5-25(6-10-33)38-29-18-31(36-20-27(29)28-17-23(7-11-34-28)21-42-15-13-41(2)14-16-42)39-30-8-12-35-32(40-30)24-19-37-43(22-24)47(45,46)26-3-4-26/h7-8,11-12,17-20,22,25-26,44H,3-6,9-10,13-16,21H2,1-2H3,(H2,35,36,38,39,40). The van der Waals surface area contributed by atoms with Crippen LogP contribution in [0.2, 0.25) is 0 Å². The van der Waals surface area contributed by atoms with Crippen LogP contribution < -0.4 is 10.6 Å². The number of aromatic nitrogens is 6. The summed E-state index contributed by atoms with van der Waals surface area (Å²) >= 11 is 0. The van der Waals surface area contributed by atoms with E-state index < -0.39 is 15.6 Å². The summed E-state index contributed by atoms with van der Waals surface area (Å²) in [6, 6.07) is 8.15. The van der Waals surface area contributed by atoms with E-state index in [2.05, 4.69) is 54.7 Å². The van der Waals surface area contributed by atoms with Crippen molar-refractivity contribution < 1.29 is 13.5 Å². The number of hydrogen-bond acceptors (Lipinski definition) is 12. The van der Waals surface area contributed by atoms with Crippen LogP contribution in [0.5, 0.6) is 0 Å².